The normalized spacial score (nSPS) is 14.1. The lowest BCUT2D eigenvalue weighted by Gasteiger charge is -2.33. The number of carbonyl (C=O) groups excluding carboxylic acids is 1. The number of piperazine rings is 1. The molecular formula is C37H34F4N6O5. The minimum Gasteiger partial charge on any atom is -0.507 e. The first kappa shape index (κ1) is 36.0. The van der Waals surface area contributed by atoms with Crippen molar-refractivity contribution < 1.29 is 41.5 Å². The van der Waals surface area contributed by atoms with E-state index in [1.165, 1.54) is 42.6 Å². The van der Waals surface area contributed by atoms with Crippen molar-refractivity contribution in [2.45, 2.75) is 25.9 Å². The predicted octanol–water partition coefficient (Wildman–Crippen LogP) is 6.03. The van der Waals surface area contributed by atoms with Gasteiger partial charge in [0.2, 0.25) is 11.7 Å². The van der Waals surface area contributed by atoms with Crippen molar-refractivity contribution >= 4 is 12.1 Å². The number of hydrogen-bond acceptors (Lipinski definition) is 10. The van der Waals surface area contributed by atoms with Gasteiger partial charge in [-0.2, -0.15) is 23.3 Å². The van der Waals surface area contributed by atoms with Crippen molar-refractivity contribution in [2.75, 3.05) is 32.7 Å². The Balaban J connectivity index is 0.904. The molecule has 0 aliphatic carbocycles. The van der Waals surface area contributed by atoms with Crippen molar-refractivity contribution in [3.05, 3.63) is 125 Å². The summed E-state index contributed by atoms with van der Waals surface area (Å²) >= 11 is 0. The fourth-order valence-corrected chi connectivity index (χ4v) is 5.40. The number of nitrogens with zero attached hydrogens (tertiary/aromatic N) is 5. The van der Waals surface area contributed by atoms with Crippen LogP contribution in [-0.2, 0) is 30.7 Å². The average Bonchev–Trinajstić information content (AvgIpc) is 3.60. The van der Waals surface area contributed by atoms with Crippen LogP contribution < -0.4 is 14.9 Å². The lowest BCUT2D eigenvalue weighted by atomic mass is 10.1. The van der Waals surface area contributed by atoms with Gasteiger partial charge in [-0.15, -0.1) is 0 Å². The SMILES string of the molecule is O=C(CN1CCN(Cc2nc(-c3ccc(COc4ccccc4C(F)(F)F)cc3)no2)CC1)NN=Cc1ccc(OCc2cccc(F)c2)cc1O. The van der Waals surface area contributed by atoms with Crippen LogP contribution in [0.25, 0.3) is 11.4 Å². The summed E-state index contributed by atoms with van der Waals surface area (Å²) in [5.41, 5.74) is 4.06. The fraction of sp³-hybridized carbons (Fsp3) is 0.243. The van der Waals surface area contributed by atoms with Crippen LogP contribution in [0.15, 0.2) is 101 Å². The quantitative estimate of drug-likeness (QED) is 0.0854. The van der Waals surface area contributed by atoms with E-state index in [0.29, 0.717) is 72.4 Å². The van der Waals surface area contributed by atoms with Gasteiger partial charge >= 0.3 is 6.18 Å². The molecule has 0 saturated carbocycles. The summed E-state index contributed by atoms with van der Waals surface area (Å²) in [7, 11) is 0. The van der Waals surface area contributed by atoms with Crippen molar-refractivity contribution in [3.8, 4) is 28.6 Å². The molecule has 1 saturated heterocycles. The second kappa shape index (κ2) is 16.5. The summed E-state index contributed by atoms with van der Waals surface area (Å²) in [4.78, 5) is 21.1. The van der Waals surface area contributed by atoms with Gasteiger partial charge in [-0.1, -0.05) is 53.7 Å². The summed E-state index contributed by atoms with van der Waals surface area (Å²) in [5, 5.41) is 18.4. The lowest BCUT2D eigenvalue weighted by molar-refractivity contribution is -0.139. The molecule has 52 heavy (non-hydrogen) atoms. The van der Waals surface area contributed by atoms with E-state index in [9.17, 15) is 27.5 Å². The van der Waals surface area contributed by atoms with Crippen LogP contribution in [0.1, 0.15) is 28.1 Å². The number of nitrogens with one attached hydrogen (secondary N) is 1. The minimum absolute atomic E-state index is 0.0385. The molecular weight excluding hydrogens is 684 g/mol. The molecule has 1 aliphatic rings. The molecule has 2 N–H and O–H groups in total. The molecule has 11 nitrogen and oxygen atoms in total. The van der Waals surface area contributed by atoms with E-state index < -0.39 is 11.7 Å². The van der Waals surface area contributed by atoms with E-state index in [1.807, 2.05) is 4.90 Å². The smallest absolute Gasteiger partial charge is 0.419 e. The third-order valence-corrected chi connectivity index (χ3v) is 8.15. The third kappa shape index (κ3) is 9.92. The topological polar surface area (TPSA) is 126 Å². The molecule has 15 heteroatoms. The van der Waals surface area contributed by atoms with E-state index in [-0.39, 0.29) is 43.0 Å². The van der Waals surface area contributed by atoms with Gasteiger partial charge < -0.3 is 19.1 Å². The molecule has 1 aromatic heterocycles. The van der Waals surface area contributed by atoms with Gasteiger partial charge in [-0.3, -0.25) is 14.6 Å². The van der Waals surface area contributed by atoms with E-state index in [4.69, 9.17) is 14.0 Å². The summed E-state index contributed by atoms with van der Waals surface area (Å²) in [5.74, 6) is 0.241. The predicted molar refractivity (Wildman–Crippen MR) is 182 cm³/mol. The third-order valence-electron chi connectivity index (χ3n) is 8.15. The van der Waals surface area contributed by atoms with Gasteiger partial charge in [0.25, 0.3) is 5.91 Å². The maximum atomic E-state index is 13.4. The van der Waals surface area contributed by atoms with Crippen LogP contribution in [0.3, 0.4) is 0 Å². The van der Waals surface area contributed by atoms with Crippen LogP contribution in [0, 0.1) is 5.82 Å². The summed E-state index contributed by atoms with van der Waals surface area (Å²) in [6.07, 6.45) is -3.17. The number of alkyl halides is 3. The molecule has 270 valence electrons. The van der Waals surface area contributed by atoms with E-state index in [0.717, 1.165) is 6.07 Å². The zero-order chi connectivity index (χ0) is 36.5. The highest BCUT2D eigenvalue weighted by Crippen LogP contribution is 2.36. The number of para-hydroxylation sites is 1. The Morgan fingerprint density at radius 1 is 0.904 bits per heavy atom. The van der Waals surface area contributed by atoms with Crippen LogP contribution in [-0.4, -0.2) is 69.9 Å². The number of amides is 1. The maximum Gasteiger partial charge on any atom is 0.419 e. The van der Waals surface area contributed by atoms with Gasteiger partial charge in [0.1, 0.15) is 36.3 Å². The number of ether oxygens (including phenoxy) is 2. The highest BCUT2D eigenvalue weighted by molar-refractivity contribution is 5.85. The Bertz CT molecular complexity index is 2000. The number of halogens is 4. The number of aromatic hydroxyl groups is 1. The lowest BCUT2D eigenvalue weighted by Crippen LogP contribution is -2.48. The first-order valence-corrected chi connectivity index (χ1v) is 16.3. The summed E-state index contributed by atoms with van der Waals surface area (Å²) in [6.45, 7) is 3.28. The van der Waals surface area contributed by atoms with Crippen molar-refractivity contribution in [2.24, 2.45) is 5.10 Å². The largest absolute Gasteiger partial charge is 0.507 e. The molecule has 2 heterocycles. The van der Waals surface area contributed by atoms with Crippen molar-refractivity contribution in [1.29, 1.82) is 0 Å². The Hall–Kier alpha value is -5.80. The first-order chi connectivity index (χ1) is 25.1. The van der Waals surface area contributed by atoms with Crippen LogP contribution in [0.2, 0.25) is 0 Å². The number of carbonyl (C=O) groups is 1. The van der Waals surface area contributed by atoms with E-state index >= 15 is 0 Å². The Morgan fingerprint density at radius 3 is 2.40 bits per heavy atom. The summed E-state index contributed by atoms with van der Waals surface area (Å²) < 4.78 is 69.6. The average molecular weight is 719 g/mol. The van der Waals surface area contributed by atoms with Crippen LogP contribution in [0.4, 0.5) is 17.6 Å². The second-order valence-electron chi connectivity index (χ2n) is 12.0. The fourth-order valence-electron chi connectivity index (χ4n) is 5.40. The Morgan fingerprint density at radius 2 is 1.65 bits per heavy atom. The summed E-state index contributed by atoms with van der Waals surface area (Å²) in [6, 6.07) is 22.8. The van der Waals surface area contributed by atoms with Crippen LogP contribution in [0.5, 0.6) is 17.2 Å². The molecule has 0 atom stereocenters. The highest BCUT2D eigenvalue weighted by Gasteiger charge is 2.34. The van der Waals surface area contributed by atoms with E-state index in [2.05, 4.69) is 25.6 Å². The highest BCUT2D eigenvalue weighted by atomic mass is 19.4. The number of hydrazone groups is 1. The Labute approximate surface area is 296 Å². The van der Waals surface area contributed by atoms with E-state index in [1.54, 1.807) is 48.5 Å². The number of rotatable bonds is 13. The molecule has 1 aliphatic heterocycles. The monoisotopic (exact) mass is 718 g/mol. The number of hydrogen-bond donors (Lipinski definition) is 2. The number of phenolic OH excluding ortho intramolecular Hbond substituents is 1. The number of benzene rings is 4. The van der Waals surface area contributed by atoms with Crippen molar-refractivity contribution in [3.63, 3.8) is 0 Å². The second-order valence-corrected chi connectivity index (χ2v) is 12.0. The molecule has 0 bridgehead atoms. The zero-order valence-corrected chi connectivity index (χ0v) is 27.7. The zero-order valence-electron chi connectivity index (χ0n) is 27.7. The molecule has 0 spiro atoms. The number of phenols is 1. The number of aromatic nitrogens is 2. The molecule has 4 aromatic carbocycles. The molecule has 0 unspecified atom stereocenters. The van der Waals surface area contributed by atoms with Gasteiger partial charge in [0.05, 0.1) is 24.9 Å². The first-order valence-electron chi connectivity index (χ1n) is 16.3. The Kier molecular flexibility index (Phi) is 11.4. The molecule has 1 fully saturated rings. The van der Waals surface area contributed by atoms with Crippen LogP contribution >= 0.6 is 0 Å². The molecule has 5 aromatic rings. The molecule has 6 rings (SSSR count). The van der Waals surface area contributed by atoms with Gasteiger partial charge in [-0.05, 0) is 47.5 Å². The maximum absolute atomic E-state index is 13.4. The molecule has 1 amide bonds. The van der Waals surface area contributed by atoms with Gasteiger partial charge in [-0.25, -0.2) is 9.82 Å². The van der Waals surface area contributed by atoms with Gasteiger partial charge in [0, 0.05) is 43.4 Å². The molecule has 0 radical (unpaired) electrons. The van der Waals surface area contributed by atoms with Gasteiger partial charge in [0.15, 0.2) is 0 Å². The minimum atomic E-state index is -4.51. The van der Waals surface area contributed by atoms with Crippen molar-refractivity contribution in [1.82, 2.24) is 25.4 Å². The standard InChI is InChI=1S/C37H34F4N6O5/c38-29-5-3-4-26(18-29)24-50-30-13-12-28(32(48)19-30)20-42-44-34(49)21-46-14-16-47(17-15-46)22-35-43-36(45-52-35)27-10-8-25(9-11-27)23-51-33-7-2-1-6-31(33)37(39,40)41/h1-13,18-20,48H,14-17,21-24H2,(H,44,49).